The molecular weight excluding hydrogens is 210 g/mol. The maximum Gasteiger partial charge on any atom is 0.279 e. The third-order valence-corrected chi connectivity index (χ3v) is 2.18. The number of aromatic hydroxyl groups is 1. The predicted molar refractivity (Wildman–Crippen MR) is 57.9 cm³/mol. The molecule has 0 aliphatic carbocycles. The molecule has 0 unspecified atom stereocenters. The zero-order chi connectivity index (χ0) is 11.7. The molecular formula is C10H9N3O3. The quantitative estimate of drug-likeness (QED) is 0.498. The first kappa shape index (κ1) is 10.0. The molecule has 2 rings (SSSR count). The molecule has 0 saturated heterocycles. The van der Waals surface area contributed by atoms with Crippen molar-refractivity contribution in [2.75, 3.05) is 5.73 Å². The van der Waals surface area contributed by atoms with Crippen LogP contribution >= 0.6 is 0 Å². The largest absolute Gasteiger partial charge is 0.493 e. The number of carbonyl (C=O) groups is 1. The lowest BCUT2D eigenvalue weighted by Crippen LogP contribution is -2.06. The highest BCUT2D eigenvalue weighted by atomic mass is 16.3. The van der Waals surface area contributed by atoms with E-state index in [2.05, 4.69) is 5.10 Å². The van der Waals surface area contributed by atoms with Gasteiger partial charge in [-0.15, -0.1) is 0 Å². The number of hydrogen-bond donors (Lipinski definition) is 3. The number of nitrogens with one attached hydrogen (secondary N) is 1. The van der Waals surface area contributed by atoms with Crippen molar-refractivity contribution < 1.29 is 9.90 Å². The van der Waals surface area contributed by atoms with Gasteiger partial charge in [0.25, 0.3) is 5.56 Å². The van der Waals surface area contributed by atoms with E-state index in [0.29, 0.717) is 17.7 Å². The molecule has 1 aromatic heterocycles. The molecule has 0 saturated carbocycles. The van der Waals surface area contributed by atoms with Crippen molar-refractivity contribution >= 4 is 12.0 Å². The van der Waals surface area contributed by atoms with Crippen LogP contribution in [0.5, 0.6) is 5.88 Å². The fraction of sp³-hybridized carbons (Fsp3) is 0. The van der Waals surface area contributed by atoms with Gasteiger partial charge in [0.05, 0.1) is 5.69 Å². The van der Waals surface area contributed by atoms with Crippen molar-refractivity contribution in [1.29, 1.82) is 0 Å². The van der Waals surface area contributed by atoms with Crippen LogP contribution in [0, 0.1) is 0 Å². The number of anilines is 1. The van der Waals surface area contributed by atoms with E-state index < -0.39 is 11.4 Å². The topological polar surface area (TPSA) is 101 Å². The Morgan fingerprint density at radius 3 is 2.44 bits per heavy atom. The molecule has 16 heavy (non-hydrogen) atoms. The van der Waals surface area contributed by atoms with Gasteiger partial charge in [-0.1, -0.05) is 0 Å². The Balaban J connectivity index is 2.61. The second kappa shape index (κ2) is 3.58. The molecule has 0 bridgehead atoms. The Bertz CT molecular complexity index is 580. The highest BCUT2D eigenvalue weighted by molar-refractivity contribution is 5.77. The van der Waals surface area contributed by atoms with Gasteiger partial charge in [-0.3, -0.25) is 14.7 Å². The number of H-pyrrole nitrogens is 1. The van der Waals surface area contributed by atoms with E-state index in [0.717, 1.165) is 4.68 Å². The predicted octanol–water partition coefficient (Wildman–Crippen LogP) is 0.266. The standard InChI is InChI=1S/C10H9N3O3/c11-6-1-3-7(4-2-6)13-10(16)8(5-14)9(15)12-13/h1-5,16H,11H2,(H,12,15). The van der Waals surface area contributed by atoms with Gasteiger partial charge in [-0.25, -0.2) is 4.68 Å². The number of carbonyl (C=O) groups excluding carboxylic acids is 1. The number of hydrogen-bond acceptors (Lipinski definition) is 4. The number of aldehydes is 1. The van der Waals surface area contributed by atoms with Crippen molar-refractivity contribution in [3.8, 4) is 11.6 Å². The van der Waals surface area contributed by atoms with Crippen LogP contribution in [0.3, 0.4) is 0 Å². The van der Waals surface area contributed by atoms with Gasteiger partial charge in [0.15, 0.2) is 6.29 Å². The first-order valence-electron chi connectivity index (χ1n) is 4.48. The minimum absolute atomic E-state index is 0.295. The summed E-state index contributed by atoms with van der Waals surface area (Å²) in [7, 11) is 0. The number of benzene rings is 1. The summed E-state index contributed by atoms with van der Waals surface area (Å²) >= 11 is 0. The SMILES string of the molecule is Nc1ccc(-n2[nH]c(=O)c(C=O)c2O)cc1. The number of nitrogens with zero attached hydrogens (tertiary/aromatic N) is 1. The molecule has 0 spiro atoms. The normalized spacial score (nSPS) is 10.2. The molecule has 0 amide bonds. The number of aromatic amines is 1. The number of aromatic nitrogens is 2. The number of rotatable bonds is 2. The summed E-state index contributed by atoms with van der Waals surface area (Å²) in [6.45, 7) is 0. The Labute approximate surface area is 89.9 Å². The van der Waals surface area contributed by atoms with Crippen LogP contribution in [0.4, 0.5) is 5.69 Å². The molecule has 2 aromatic rings. The minimum Gasteiger partial charge on any atom is -0.493 e. The van der Waals surface area contributed by atoms with Gasteiger partial charge >= 0.3 is 0 Å². The van der Waals surface area contributed by atoms with Gasteiger partial charge in [0.2, 0.25) is 5.88 Å². The van der Waals surface area contributed by atoms with E-state index >= 15 is 0 Å². The summed E-state index contributed by atoms with van der Waals surface area (Å²) in [5.74, 6) is -0.412. The van der Waals surface area contributed by atoms with Crippen molar-refractivity contribution in [2.45, 2.75) is 0 Å². The molecule has 1 aromatic carbocycles. The maximum atomic E-state index is 11.2. The lowest BCUT2D eigenvalue weighted by atomic mass is 10.3. The van der Waals surface area contributed by atoms with Gasteiger partial charge in [0.1, 0.15) is 5.56 Å². The van der Waals surface area contributed by atoms with Gasteiger partial charge in [-0.2, -0.15) is 0 Å². The van der Waals surface area contributed by atoms with E-state index in [1.165, 1.54) is 0 Å². The number of nitrogens with two attached hydrogens (primary N) is 1. The summed E-state index contributed by atoms with van der Waals surface area (Å²) in [6.07, 6.45) is 0.308. The molecule has 0 radical (unpaired) electrons. The van der Waals surface area contributed by atoms with Crippen molar-refractivity contribution in [3.63, 3.8) is 0 Å². The summed E-state index contributed by atoms with van der Waals surface area (Å²) in [6, 6.07) is 6.46. The molecule has 0 aliphatic rings. The summed E-state index contributed by atoms with van der Waals surface area (Å²) < 4.78 is 1.12. The molecule has 6 heteroatoms. The Morgan fingerprint density at radius 2 is 1.94 bits per heavy atom. The van der Waals surface area contributed by atoms with Crippen LogP contribution in [0.2, 0.25) is 0 Å². The second-order valence-electron chi connectivity index (χ2n) is 3.22. The van der Waals surface area contributed by atoms with E-state index in [-0.39, 0.29) is 5.56 Å². The van der Waals surface area contributed by atoms with Gasteiger partial charge in [0, 0.05) is 5.69 Å². The number of nitrogen functional groups attached to an aromatic ring is 1. The van der Waals surface area contributed by atoms with E-state index in [4.69, 9.17) is 5.73 Å². The zero-order valence-corrected chi connectivity index (χ0v) is 8.18. The van der Waals surface area contributed by atoms with Crippen LogP contribution in [0.15, 0.2) is 29.1 Å². The first-order chi connectivity index (χ1) is 7.63. The molecule has 82 valence electrons. The maximum absolute atomic E-state index is 11.2. The monoisotopic (exact) mass is 219 g/mol. The highest BCUT2D eigenvalue weighted by Gasteiger charge is 2.13. The average Bonchev–Trinajstić information content (AvgIpc) is 2.55. The van der Waals surface area contributed by atoms with Crippen LogP contribution in [0.25, 0.3) is 5.69 Å². The molecule has 0 atom stereocenters. The van der Waals surface area contributed by atoms with Crippen LogP contribution in [-0.2, 0) is 0 Å². The average molecular weight is 219 g/mol. The van der Waals surface area contributed by atoms with Crippen molar-refractivity contribution in [1.82, 2.24) is 9.78 Å². The van der Waals surface area contributed by atoms with Gasteiger partial charge in [-0.05, 0) is 24.3 Å². The molecule has 0 aliphatic heterocycles. The fourth-order valence-electron chi connectivity index (χ4n) is 1.35. The summed E-state index contributed by atoms with van der Waals surface area (Å²) in [5, 5.41) is 11.9. The Hall–Kier alpha value is -2.50. The first-order valence-corrected chi connectivity index (χ1v) is 4.48. The minimum atomic E-state index is -0.635. The summed E-state index contributed by atoms with van der Waals surface area (Å²) in [4.78, 5) is 21.8. The molecule has 1 heterocycles. The second-order valence-corrected chi connectivity index (χ2v) is 3.22. The summed E-state index contributed by atoms with van der Waals surface area (Å²) in [5.41, 5.74) is 5.65. The molecule has 6 nitrogen and oxygen atoms in total. The zero-order valence-electron chi connectivity index (χ0n) is 8.18. The van der Waals surface area contributed by atoms with Crippen molar-refractivity contribution in [3.05, 3.63) is 40.2 Å². The third kappa shape index (κ3) is 1.46. The lowest BCUT2D eigenvalue weighted by Gasteiger charge is -2.03. The highest BCUT2D eigenvalue weighted by Crippen LogP contribution is 2.17. The van der Waals surface area contributed by atoms with Crippen LogP contribution in [-0.4, -0.2) is 21.2 Å². The van der Waals surface area contributed by atoms with Crippen molar-refractivity contribution in [2.24, 2.45) is 0 Å². The van der Waals surface area contributed by atoms with Gasteiger partial charge < -0.3 is 10.8 Å². The lowest BCUT2D eigenvalue weighted by molar-refractivity contribution is 0.112. The smallest absolute Gasteiger partial charge is 0.279 e. The molecule has 4 N–H and O–H groups in total. The van der Waals surface area contributed by atoms with E-state index in [9.17, 15) is 14.7 Å². The Kier molecular flexibility index (Phi) is 2.24. The van der Waals surface area contributed by atoms with Crippen LogP contribution in [0.1, 0.15) is 10.4 Å². The Morgan fingerprint density at radius 1 is 1.31 bits per heavy atom. The fourth-order valence-corrected chi connectivity index (χ4v) is 1.35. The third-order valence-electron chi connectivity index (χ3n) is 2.18. The van der Waals surface area contributed by atoms with E-state index in [1.807, 2.05) is 0 Å². The molecule has 0 fully saturated rings. The van der Waals surface area contributed by atoms with E-state index in [1.54, 1.807) is 24.3 Å². The van der Waals surface area contributed by atoms with Crippen LogP contribution < -0.4 is 11.3 Å².